The lowest BCUT2D eigenvalue weighted by molar-refractivity contribution is 0.0940. The lowest BCUT2D eigenvalue weighted by Gasteiger charge is -2.08. The van der Waals surface area contributed by atoms with Gasteiger partial charge in [-0.25, -0.2) is 0 Å². The zero-order valence-corrected chi connectivity index (χ0v) is 10.4. The number of rotatable bonds is 4. The Bertz CT molecular complexity index is 542. The Hall–Kier alpha value is -2.15. The molecule has 1 aliphatic heterocycles. The second-order valence-corrected chi connectivity index (χ2v) is 4.51. The van der Waals surface area contributed by atoms with Crippen LogP contribution in [0.3, 0.4) is 0 Å². The van der Waals surface area contributed by atoms with E-state index in [4.69, 9.17) is 4.74 Å². The largest absolute Gasteiger partial charge is 0.376 e. The molecule has 100 valence electrons. The first-order chi connectivity index (χ1) is 9.31. The fraction of sp³-hybridized carbons (Fsp3) is 0.417. The van der Waals surface area contributed by atoms with E-state index in [2.05, 4.69) is 20.6 Å². The summed E-state index contributed by atoms with van der Waals surface area (Å²) in [5.74, 6) is -0.228. The number of carbonyl (C=O) groups is 1. The molecule has 0 saturated carbocycles. The van der Waals surface area contributed by atoms with Crippen molar-refractivity contribution in [2.75, 3.05) is 11.9 Å². The normalized spacial score (nSPS) is 18.6. The van der Waals surface area contributed by atoms with Crippen molar-refractivity contribution in [3.63, 3.8) is 0 Å². The van der Waals surface area contributed by atoms with Crippen molar-refractivity contribution in [2.45, 2.75) is 25.5 Å². The van der Waals surface area contributed by atoms with Crippen molar-refractivity contribution in [2.24, 2.45) is 0 Å². The van der Waals surface area contributed by atoms with Crippen molar-refractivity contribution in [1.82, 2.24) is 20.0 Å². The molecule has 7 nitrogen and oxygen atoms in total. The number of nitrogens with one attached hydrogen (secondary N) is 2. The molecule has 0 aromatic carbocycles. The number of ether oxygens (including phenoxy) is 1. The first-order valence-electron chi connectivity index (χ1n) is 6.26. The maximum Gasteiger partial charge on any atom is 0.273 e. The van der Waals surface area contributed by atoms with E-state index in [-0.39, 0.29) is 12.0 Å². The third-order valence-corrected chi connectivity index (χ3v) is 3.05. The van der Waals surface area contributed by atoms with Crippen LogP contribution in [-0.2, 0) is 11.3 Å². The first-order valence-corrected chi connectivity index (χ1v) is 6.26. The minimum absolute atomic E-state index is 0.228. The van der Waals surface area contributed by atoms with Gasteiger partial charge in [0.2, 0.25) is 0 Å². The Morgan fingerprint density at radius 1 is 1.63 bits per heavy atom. The molecule has 0 radical (unpaired) electrons. The van der Waals surface area contributed by atoms with Crippen LogP contribution in [0.4, 0.5) is 5.69 Å². The van der Waals surface area contributed by atoms with E-state index in [1.807, 2.05) is 0 Å². The Morgan fingerprint density at radius 2 is 2.58 bits per heavy atom. The summed E-state index contributed by atoms with van der Waals surface area (Å²) in [6, 6.07) is 1.62. The van der Waals surface area contributed by atoms with E-state index in [1.165, 1.54) is 6.20 Å². The van der Waals surface area contributed by atoms with E-state index in [0.717, 1.165) is 26.0 Å². The highest BCUT2D eigenvalue weighted by atomic mass is 16.5. The second-order valence-electron chi connectivity index (χ2n) is 4.51. The summed E-state index contributed by atoms with van der Waals surface area (Å²) < 4.78 is 7.33. The SMILES string of the molecule is O=C(Nc1cnn(CC2CCCO2)c1)c1ccn[nH]1. The lowest BCUT2D eigenvalue weighted by Crippen LogP contribution is -2.15. The van der Waals surface area contributed by atoms with Crippen LogP contribution in [0.25, 0.3) is 0 Å². The summed E-state index contributed by atoms with van der Waals surface area (Å²) in [6.07, 6.45) is 7.37. The molecule has 7 heteroatoms. The molecule has 3 rings (SSSR count). The third-order valence-electron chi connectivity index (χ3n) is 3.05. The smallest absolute Gasteiger partial charge is 0.273 e. The summed E-state index contributed by atoms with van der Waals surface area (Å²) in [4.78, 5) is 11.8. The van der Waals surface area contributed by atoms with E-state index in [9.17, 15) is 4.79 Å². The topological polar surface area (TPSA) is 84.8 Å². The minimum Gasteiger partial charge on any atom is -0.376 e. The lowest BCUT2D eigenvalue weighted by atomic mass is 10.2. The fourth-order valence-corrected chi connectivity index (χ4v) is 2.11. The molecule has 1 fully saturated rings. The molecular formula is C12H15N5O2. The number of H-pyrrole nitrogens is 1. The third kappa shape index (κ3) is 2.82. The molecule has 19 heavy (non-hydrogen) atoms. The number of carbonyl (C=O) groups excluding carboxylic acids is 1. The molecule has 0 bridgehead atoms. The van der Waals surface area contributed by atoms with Crippen LogP contribution in [0, 0.1) is 0 Å². The summed E-state index contributed by atoms with van der Waals surface area (Å²) in [5.41, 5.74) is 1.09. The Morgan fingerprint density at radius 3 is 3.32 bits per heavy atom. The van der Waals surface area contributed by atoms with Crippen molar-refractivity contribution in [1.29, 1.82) is 0 Å². The molecule has 2 N–H and O–H groups in total. The Balaban J connectivity index is 1.60. The number of aromatic nitrogens is 4. The minimum atomic E-state index is -0.228. The van der Waals surface area contributed by atoms with Gasteiger partial charge in [-0.2, -0.15) is 10.2 Å². The van der Waals surface area contributed by atoms with Gasteiger partial charge in [-0.05, 0) is 18.9 Å². The van der Waals surface area contributed by atoms with Gasteiger partial charge in [-0.3, -0.25) is 14.6 Å². The summed E-state index contributed by atoms with van der Waals surface area (Å²) >= 11 is 0. The maximum atomic E-state index is 11.8. The standard InChI is InChI=1S/C12H15N5O2/c18-12(11-3-4-13-16-11)15-9-6-14-17(7-9)8-10-2-1-5-19-10/h3-4,6-7,10H,1-2,5,8H2,(H,13,16)(H,15,18). The molecule has 1 aliphatic rings. The summed E-state index contributed by atoms with van der Waals surface area (Å²) in [7, 11) is 0. The number of hydrogen-bond acceptors (Lipinski definition) is 4. The van der Waals surface area contributed by atoms with Crippen LogP contribution >= 0.6 is 0 Å². The molecule has 3 heterocycles. The number of hydrogen-bond donors (Lipinski definition) is 2. The highest BCUT2D eigenvalue weighted by Gasteiger charge is 2.16. The number of anilines is 1. The van der Waals surface area contributed by atoms with Crippen molar-refractivity contribution < 1.29 is 9.53 Å². The molecule has 0 spiro atoms. The number of amides is 1. The molecule has 0 aliphatic carbocycles. The van der Waals surface area contributed by atoms with Gasteiger partial charge in [0.05, 0.1) is 24.5 Å². The Kier molecular flexibility index (Phi) is 3.28. The zero-order chi connectivity index (χ0) is 13.1. The van der Waals surface area contributed by atoms with Gasteiger partial charge in [-0.1, -0.05) is 0 Å². The van der Waals surface area contributed by atoms with Gasteiger partial charge in [0.15, 0.2) is 0 Å². The highest BCUT2D eigenvalue weighted by molar-refractivity contribution is 6.02. The number of aromatic amines is 1. The van der Waals surface area contributed by atoms with Crippen LogP contribution in [0.2, 0.25) is 0 Å². The van der Waals surface area contributed by atoms with Gasteiger partial charge < -0.3 is 10.1 Å². The van der Waals surface area contributed by atoms with Gasteiger partial charge in [0.1, 0.15) is 5.69 Å². The predicted octanol–water partition coefficient (Wildman–Crippen LogP) is 1.04. The molecule has 1 unspecified atom stereocenters. The van der Waals surface area contributed by atoms with Crippen molar-refractivity contribution in [3.8, 4) is 0 Å². The van der Waals surface area contributed by atoms with Crippen LogP contribution in [0.15, 0.2) is 24.7 Å². The van der Waals surface area contributed by atoms with Crippen LogP contribution in [0.1, 0.15) is 23.3 Å². The monoisotopic (exact) mass is 261 g/mol. The van der Waals surface area contributed by atoms with Crippen LogP contribution < -0.4 is 5.32 Å². The highest BCUT2D eigenvalue weighted by Crippen LogP contribution is 2.15. The van der Waals surface area contributed by atoms with Crippen molar-refractivity contribution >= 4 is 11.6 Å². The maximum absolute atomic E-state index is 11.8. The van der Waals surface area contributed by atoms with Gasteiger partial charge in [0, 0.05) is 19.0 Å². The van der Waals surface area contributed by atoms with Gasteiger partial charge in [0.25, 0.3) is 5.91 Å². The average molecular weight is 261 g/mol. The van der Waals surface area contributed by atoms with Crippen LogP contribution in [-0.4, -0.2) is 38.6 Å². The zero-order valence-electron chi connectivity index (χ0n) is 10.4. The van der Waals surface area contributed by atoms with Gasteiger partial charge in [-0.15, -0.1) is 0 Å². The van der Waals surface area contributed by atoms with E-state index >= 15 is 0 Å². The molecule has 2 aromatic heterocycles. The van der Waals surface area contributed by atoms with Crippen LogP contribution in [0.5, 0.6) is 0 Å². The van der Waals surface area contributed by atoms with Gasteiger partial charge >= 0.3 is 0 Å². The second kappa shape index (κ2) is 5.23. The molecular weight excluding hydrogens is 246 g/mol. The number of nitrogens with zero attached hydrogens (tertiary/aromatic N) is 3. The summed E-state index contributed by atoms with van der Waals surface area (Å²) in [6.45, 7) is 1.55. The van der Waals surface area contributed by atoms with E-state index < -0.39 is 0 Å². The first kappa shape index (κ1) is 11.9. The average Bonchev–Trinajstić information content (AvgIpc) is 3.10. The fourth-order valence-electron chi connectivity index (χ4n) is 2.11. The quantitative estimate of drug-likeness (QED) is 0.861. The molecule has 1 saturated heterocycles. The van der Waals surface area contributed by atoms with Crippen molar-refractivity contribution in [3.05, 3.63) is 30.4 Å². The Labute approximate surface area is 110 Å². The predicted molar refractivity (Wildman–Crippen MR) is 67.7 cm³/mol. The van der Waals surface area contributed by atoms with E-state index in [0.29, 0.717) is 11.4 Å². The van der Waals surface area contributed by atoms with E-state index in [1.54, 1.807) is 23.1 Å². The molecule has 2 aromatic rings. The summed E-state index contributed by atoms with van der Waals surface area (Å²) in [5, 5.41) is 13.3. The molecule has 1 atom stereocenters. The molecule has 1 amide bonds.